The average Bonchev–Trinajstić information content (AvgIpc) is 3.41. The summed E-state index contributed by atoms with van der Waals surface area (Å²) in [5.41, 5.74) is 8.26. The molecule has 0 aliphatic carbocycles. The molecule has 6 heterocycles. The van der Waals surface area contributed by atoms with Crippen LogP contribution < -0.4 is 53.0 Å². The third kappa shape index (κ3) is 9.64. The number of nitrogens with zero attached hydrogens (tertiary/aromatic N) is 2. The largest absolute Gasteiger partial charge is 0.497 e. The number of rotatable bonds is 8. The Bertz CT molecular complexity index is 3360. The topological polar surface area (TPSA) is 129 Å². The van der Waals surface area contributed by atoms with E-state index in [0.29, 0.717) is 85.3 Å². The van der Waals surface area contributed by atoms with E-state index in [1.807, 2.05) is 44.2 Å². The normalized spacial score (nSPS) is 17.3. The van der Waals surface area contributed by atoms with Gasteiger partial charge < -0.3 is 51.8 Å². The van der Waals surface area contributed by atoms with Crippen LogP contribution in [0, 0.1) is 0 Å². The maximum atomic E-state index is 12.9. The van der Waals surface area contributed by atoms with E-state index in [1.54, 1.807) is 73.0 Å². The van der Waals surface area contributed by atoms with Gasteiger partial charge in [-0.1, -0.05) is 30.3 Å². The van der Waals surface area contributed by atoms with E-state index >= 15 is 0 Å². The van der Waals surface area contributed by atoms with Gasteiger partial charge in [-0.2, -0.15) is 0 Å². The summed E-state index contributed by atoms with van der Waals surface area (Å²) < 4.78 is 65.4. The molecule has 0 radical (unpaired) electrons. The molecule has 5 aliphatic rings. The number of hydrogen-bond donors (Lipinski definition) is 0. The van der Waals surface area contributed by atoms with Crippen LogP contribution in [0.1, 0.15) is 64.9 Å². The Morgan fingerprint density at radius 1 is 0.587 bits per heavy atom. The van der Waals surface area contributed by atoms with Crippen molar-refractivity contribution in [1.82, 2.24) is 9.80 Å². The summed E-state index contributed by atoms with van der Waals surface area (Å²) in [6.07, 6.45) is 7.28. The van der Waals surface area contributed by atoms with Crippen molar-refractivity contribution in [3.63, 3.8) is 0 Å². The van der Waals surface area contributed by atoms with Gasteiger partial charge in [-0.25, -0.2) is 4.79 Å². The third-order valence-corrected chi connectivity index (χ3v) is 14.8. The van der Waals surface area contributed by atoms with Gasteiger partial charge in [0.15, 0.2) is 34.5 Å². The van der Waals surface area contributed by atoms with Gasteiger partial charge in [0.1, 0.15) is 50.9 Å². The minimum Gasteiger partial charge on any atom is -0.497 e. The van der Waals surface area contributed by atoms with E-state index < -0.39 is 11.2 Å². The number of benzene rings is 6. The monoisotopic (exact) mass is 1020 g/mol. The van der Waals surface area contributed by atoms with Gasteiger partial charge in [0.2, 0.25) is 5.75 Å². The van der Waals surface area contributed by atoms with Crippen molar-refractivity contribution in [2.75, 3.05) is 77.0 Å². The highest BCUT2D eigenvalue weighted by Gasteiger charge is 2.35. The fourth-order valence-corrected chi connectivity index (χ4v) is 10.8. The predicted octanol–water partition coefficient (Wildman–Crippen LogP) is 11.8. The van der Waals surface area contributed by atoms with Gasteiger partial charge in [0, 0.05) is 36.8 Å². The Balaban J connectivity index is 0.000000190. The number of methoxy groups -OCH3 is 7. The molecule has 2 unspecified atom stereocenters. The molecule has 14 heteroatoms. The average molecular weight is 1020 g/mol. The molecule has 75 heavy (non-hydrogen) atoms. The second kappa shape index (κ2) is 20.8. The Hall–Kier alpha value is -7.81. The van der Waals surface area contributed by atoms with Gasteiger partial charge in [0.05, 0.1) is 55.3 Å². The Kier molecular flexibility index (Phi) is 14.1. The summed E-state index contributed by atoms with van der Waals surface area (Å²) in [5, 5.41) is 0.576. The lowest BCUT2D eigenvalue weighted by molar-refractivity contribution is 0.158. The fraction of sp³-hybridized carbons (Fsp3) is 0.328. The molecule has 5 aliphatic heterocycles. The molecular formula is C61H64N2O12. The molecule has 390 valence electrons. The van der Waals surface area contributed by atoms with Crippen molar-refractivity contribution in [3.05, 3.63) is 146 Å². The molecule has 12 rings (SSSR count). The van der Waals surface area contributed by atoms with E-state index in [4.69, 9.17) is 51.8 Å². The van der Waals surface area contributed by atoms with Crippen LogP contribution in [0.2, 0.25) is 0 Å². The van der Waals surface area contributed by atoms with E-state index in [9.17, 15) is 4.79 Å². The zero-order valence-electron chi connectivity index (χ0n) is 44.5. The zero-order valence-corrected chi connectivity index (χ0v) is 44.5. The van der Waals surface area contributed by atoms with Crippen LogP contribution in [0.15, 0.2) is 106 Å². The van der Waals surface area contributed by atoms with Crippen molar-refractivity contribution >= 4 is 17.0 Å². The molecule has 6 bridgehead atoms. The number of fused-ring (bicyclic) bond motifs is 4. The first-order valence-corrected chi connectivity index (χ1v) is 25.1. The molecule has 6 aromatic carbocycles. The minimum atomic E-state index is -0.507. The van der Waals surface area contributed by atoms with E-state index in [2.05, 4.69) is 66.4 Å². The number of ether oxygens (including phenoxy) is 10. The maximum Gasteiger partial charge on any atom is 0.347 e. The van der Waals surface area contributed by atoms with Gasteiger partial charge in [-0.05, 0) is 154 Å². The first kappa shape index (κ1) is 50.7. The first-order valence-electron chi connectivity index (χ1n) is 25.1. The fourth-order valence-electron chi connectivity index (χ4n) is 10.8. The smallest absolute Gasteiger partial charge is 0.347 e. The van der Waals surface area contributed by atoms with Crippen LogP contribution in [-0.4, -0.2) is 92.4 Å². The van der Waals surface area contributed by atoms with Gasteiger partial charge in [-0.15, -0.1) is 0 Å². The van der Waals surface area contributed by atoms with Crippen LogP contribution >= 0.6 is 0 Å². The summed E-state index contributed by atoms with van der Waals surface area (Å²) in [5.74, 6) is 7.60. The van der Waals surface area contributed by atoms with Crippen LogP contribution in [0.4, 0.5) is 0 Å². The molecule has 0 amide bonds. The van der Waals surface area contributed by atoms with Gasteiger partial charge in [0.25, 0.3) is 0 Å². The summed E-state index contributed by atoms with van der Waals surface area (Å²) in [6.45, 7) is 5.76. The molecule has 1 aromatic heterocycles. The number of hydrogen-bond acceptors (Lipinski definition) is 14. The van der Waals surface area contributed by atoms with E-state index in [-0.39, 0.29) is 12.1 Å². The minimum absolute atomic E-state index is 0.000437. The molecule has 2 atom stereocenters. The molecule has 0 N–H and O–H groups in total. The highest BCUT2D eigenvalue weighted by molar-refractivity contribution is 5.99. The molecule has 14 nitrogen and oxygen atoms in total. The van der Waals surface area contributed by atoms with Crippen LogP contribution in [0.25, 0.3) is 28.2 Å². The van der Waals surface area contributed by atoms with Crippen LogP contribution in [-0.2, 0) is 25.7 Å². The first-order chi connectivity index (χ1) is 36.3. The predicted molar refractivity (Wildman–Crippen MR) is 289 cm³/mol. The molecular weight excluding hydrogens is 953 g/mol. The van der Waals surface area contributed by atoms with E-state index in [1.165, 1.54) is 29.4 Å². The highest BCUT2D eigenvalue weighted by Crippen LogP contribution is 2.53. The van der Waals surface area contributed by atoms with Crippen molar-refractivity contribution in [3.8, 4) is 80.1 Å². The molecule has 7 aromatic rings. The number of likely N-dealkylation sites (N-methyl/N-ethyl adjacent to an activating group) is 2. The van der Waals surface area contributed by atoms with Gasteiger partial charge in [-0.3, -0.25) is 9.80 Å². The third-order valence-electron chi connectivity index (χ3n) is 14.8. The lowest BCUT2D eigenvalue weighted by Gasteiger charge is -2.37. The Morgan fingerprint density at radius 2 is 1.23 bits per heavy atom. The highest BCUT2D eigenvalue weighted by atomic mass is 16.5. The molecule has 0 saturated heterocycles. The van der Waals surface area contributed by atoms with Crippen molar-refractivity contribution in [2.45, 2.75) is 57.2 Å². The Morgan fingerprint density at radius 3 is 1.91 bits per heavy atom. The lowest BCUT2D eigenvalue weighted by Crippen LogP contribution is -2.34. The van der Waals surface area contributed by atoms with E-state index in [0.717, 1.165) is 61.2 Å². The standard InChI is InChI=1S/C38H42N2O6.C23H22O6/c1-39-15-13-25-20-32(42-4)34-22-28(25)29(39)17-23-7-10-27(11-8-23)45-33-19-24(9-12-31(33)41-3)18-30-36-26(14-16-40(30)2)21-35(43-5)37(44-6)38(36)46-34;1-23(2)11-10-15-16(29-23)12-17-19(20(15)26-4)21(27-5)18(22(24)28-17)13-6-8-14(25-3)9-7-13/h7-12,19-22,29-30H,13-18H2,1-6H3;6-12H,1-5H3. The SMILES string of the molecule is COc1ccc(-c2c(OC)c3c(OC)c4c(cc3oc2=O)OC(C)(C)C=C4)cc1.COc1ccc2cc1Oc1ccc(cc1)CC1c3cc(c(OC)cc3CCN1C)Oc1c(OC)c(OC)cc3c1C(C2)N(C)CC3. The lowest BCUT2D eigenvalue weighted by atomic mass is 9.87. The van der Waals surface area contributed by atoms with Gasteiger partial charge >= 0.3 is 5.63 Å². The molecule has 0 fully saturated rings. The zero-order chi connectivity index (χ0) is 52.7. The Labute approximate surface area is 437 Å². The molecule has 0 saturated carbocycles. The van der Waals surface area contributed by atoms with Crippen LogP contribution in [0.5, 0.6) is 69.0 Å². The summed E-state index contributed by atoms with van der Waals surface area (Å²) in [6, 6.07) is 30.0. The second-order valence-corrected chi connectivity index (χ2v) is 19.7. The quantitative estimate of drug-likeness (QED) is 0.134. The van der Waals surface area contributed by atoms with Crippen molar-refractivity contribution in [2.24, 2.45) is 0 Å². The van der Waals surface area contributed by atoms with Crippen molar-refractivity contribution < 1.29 is 51.8 Å². The van der Waals surface area contributed by atoms with Crippen molar-refractivity contribution in [1.29, 1.82) is 0 Å². The summed E-state index contributed by atoms with van der Waals surface area (Å²) >= 11 is 0. The van der Waals surface area contributed by atoms with Crippen LogP contribution in [0.3, 0.4) is 0 Å². The summed E-state index contributed by atoms with van der Waals surface area (Å²) in [4.78, 5) is 17.7. The second-order valence-electron chi connectivity index (χ2n) is 19.7. The maximum absolute atomic E-state index is 12.9. The summed E-state index contributed by atoms with van der Waals surface area (Å²) in [7, 11) is 15.8. The molecule has 0 spiro atoms.